The zero-order chi connectivity index (χ0) is 22.9. The lowest BCUT2D eigenvalue weighted by Gasteiger charge is -2.29. The Morgan fingerprint density at radius 1 is 1.24 bits per heavy atom. The minimum atomic E-state index is -0.900. The Balaban J connectivity index is 1.48. The molecule has 1 fully saturated rings. The molecule has 9 nitrogen and oxygen atoms in total. The smallest absolute Gasteiger partial charge is 0.240 e. The average Bonchev–Trinajstić information content (AvgIpc) is 3.57. The van der Waals surface area contributed by atoms with Crippen LogP contribution >= 0.6 is 0 Å². The third-order valence-electron chi connectivity index (χ3n) is 6.20. The SMILES string of the molecule is COc1cccc2cc(C(=O)C3=C([O-])C(=O)N(CC[NH+]4CCOCC4)C3c3ccco3)oc12. The summed E-state index contributed by atoms with van der Waals surface area (Å²) >= 11 is 0. The Hall–Kier alpha value is -3.56. The number of nitrogens with zero attached hydrogens (tertiary/aromatic N) is 1. The normalized spacial score (nSPS) is 19.6. The second kappa shape index (κ2) is 8.76. The number of amides is 1. The number of ketones is 1. The Labute approximate surface area is 189 Å². The van der Waals surface area contributed by atoms with Crippen molar-refractivity contribution in [1.82, 2.24) is 4.90 Å². The number of ether oxygens (including phenoxy) is 2. The predicted molar refractivity (Wildman–Crippen MR) is 114 cm³/mol. The summed E-state index contributed by atoms with van der Waals surface area (Å²) in [6.45, 7) is 3.94. The molecule has 1 amide bonds. The van der Waals surface area contributed by atoms with E-state index in [1.165, 1.54) is 23.2 Å². The molecule has 3 aromatic rings. The summed E-state index contributed by atoms with van der Waals surface area (Å²) in [5, 5.41) is 13.7. The van der Waals surface area contributed by atoms with Gasteiger partial charge in [-0.05, 0) is 30.0 Å². The van der Waals surface area contributed by atoms with Crippen molar-refractivity contribution in [2.45, 2.75) is 6.04 Å². The minimum absolute atomic E-state index is 0.0251. The van der Waals surface area contributed by atoms with E-state index < -0.39 is 23.5 Å². The Bertz CT molecular complexity index is 1200. The number of carbonyl (C=O) groups is 2. The van der Waals surface area contributed by atoms with Gasteiger partial charge in [0.15, 0.2) is 17.1 Å². The molecule has 33 heavy (non-hydrogen) atoms. The number of hydrogen-bond donors (Lipinski definition) is 1. The molecule has 2 aliphatic heterocycles. The van der Waals surface area contributed by atoms with Gasteiger partial charge in [-0.2, -0.15) is 0 Å². The lowest BCUT2D eigenvalue weighted by molar-refractivity contribution is -0.907. The zero-order valence-electron chi connectivity index (χ0n) is 18.2. The summed E-state index contributed by atoms with van der Waals surface area (Å²) in [6.07, 6.45) is 1.46. The third-order valence-corrected chi connectivity index (χ3v) is 6.20. The number of benzene rings is 1. The van der Waals surface area contributed by atoms with Gasteiger partial charge in [-0.1, -0.05) is 12.1 Å². The molecule has 0 radical (unpaired) electrons. The summed E-state index contributed by atoms with van der Waals surface area (Å²) in [6, 6.07) is 9.28. The summed E-state index contributed by atoms with van der Waals surface area (Å²) in [5.41, 5.74) is 0.244. The second-order valence-corrected chi connectivity index (χ2v) is 8.09. The van der Waals surface area contributed by atoms with E-state index in [2.05, 4.69) is 0 Å². The fourth-order valence-electron chi connectivity index (χ4n) is 4.47. The molecule has 5 rings (SSSR count). The Morgan fingerprint density at radius 2 is 2.06 bits per heavy atom. The Morgan fingerprint density at radius 3 is 2.79 bits per heavy atom. The molecular formula is C24H24N2O7. The summed E-state index contributed by atoms with van der Waals surface area (Å²) in [7, 11) is 1.51. The number of nitrogens with one attached hydrogen (secondary N) is 1. The number of carbonyl (C=O) groups excluding carboxylic acids is 2. The molecule has 1 aromatic carbocycles. The number of hydrogen-bond acceptors (Lipinski definition) is 7. The first-order chi connectivity index (χ1) is 16.1. The molecule has 1 saturated heterocycles. The Kier molecular flexibility index (Phi) is 5.65. The molecule has 4 heterocycles. The van der Waals surface area contributed by atoms with E-state index in [-0.39, 0.29) is 11.3 Å². The van der Waals surface area contributed by atoms with Gasteiger partial charge in [-0.25, -0.2) is 0 Å². The lowest BCUT2D eigenvalue weighted by atomic mass is 9.99. The highest BCUT2D eigenvalue weighted by Gasteiger charge is 2.42. The number of rotatable bonds is 7. The van der Waals surface area contributed by atoms with Crippen LogP contribution in [0.25, 0.3) is 11.0 Å². The first-order valence-corrected chi connectivity index (χ1v) is 10.9. The molecule has 0 spiro atoms. The van der Waals surface area contributed by atoms with Crippen LogP contribution in [0.15, 0.2) is 62.8 Å². The standard InChI is InChI=1S/C24H24N2O7/c1-30-17-5-2-4-15-14-18(33-23(15)17)21(27)19-20(16-6-3-11-32-16)26(24(29)22(19)28)8-7-25-9-12-31-13-10-25/h2-6,11,14,20,28H,7-10,12-13H2,1H3. The van der Waals surface area contributed by atoms with Gasteiger partial charge in [0, 0.05) is 11.0 Å². The fraction of sp³-hybridized carbons (Fsp3) is 0.333. The van der Waals surface area contributed by atoms with Gasteiger partial charge in [0.1, 0.15) is 24.9 Å². The average molecular weight is 452 g/mol. The molecule has 9 heteroatoms. The number of morpholine rings is 1. The maximum atomic E-state index is 13.5. The van der Waals surface area contributed by atoms with Crippen LogP contribution in [-0.4, -0.2) is 63.1 Å². The number of fused-ring (bicyclic) bond motifs is 1. The van der Waals surface area contributed by atoms with Crippen LogP contribution in [0, 0.1) is 0 Å². The van der Waals surface area contributed by atoms with Gasteiger partial charge in [-0.3, -0.25) is 9.59 Å². The molecule has 0 saturated carbocycles. The number of Topliss-reactive ketones (excluding diaryl/α,β-unsaturated/α-hetero) is 1. The van der Waals surface area contributed by atoms with E-state index in [4.69, 9.17) is 18.3 Å². The molecule has 2 aromatic heterocycles. The van der Waals surface area contributed by atoms with Gasteiger partial charge in [0.2, 0.25) is 11.7 Å². The van der Waals surface area contributed by atoms with Crippen LogP contribution < -0.4 is 14.7 Å². The first kappa shape index (κ1) is 21.3. The van der Waals surface area contributed by atoms with Crippen molar-refractivity contribution >= 4 is 22.7 Å². The molecule has 1 atom stereocenters. The van der Waals surface area contributed by atoms with Gasteiger partial charge in [0.25, 0.3) is 0 Å². The molecule has 172 valence electrons. The monoisotopic (exact) mass is 452 g/mol. The number of para-hydroxylation sites is 1. The molecule has 1 N–H and O–H groups in total. The molecule has 2 aliphatic rings. The molecule has 0 bridgehead atoms. The molecule has 1 unspecified atom stereocenters. The van der Waals surface area contributed by atoms with E-state index >= 15 is 0 Å². The highest BCUT2D eigenvalue weighted by molar-refractivity contribution is 6.15. The van der Waals surface area contributed by atoms with Gasteiger partial charge in [0.05, 0.1) is 39.7 Å². The van der Waals surface area contributed by atoms with E-state index in [0.29, 0.717) is 48.8 Å². The summed E-state index contributed by atoms with van der Waals surface area (Å²) < 4.78 is 22.0. The first-order valence-electron chi connectivity index (χ1n) is 10.9. The maximum absolute atomic E-state index is 13.5. The van der Waals surface area contributed by atoms with Crippen molar-refractivity contribution < 1.29 is 37.9 Å². The zero-order valence-corrected chi connectivity index (χ0v) is 18.2. The lowest BCUT2D eigenvalue weighted by Crippen LogP contribution is -3.14. The molecular weight excluding hydrogens is 428 g/mol. The van der Waals surface area contributed by atoms with Gasteiger partial charge in [-0.15, -0.1) is 0 Å². The van der Waals surface area contributed by atoms with Gasteiger partial charge < -0.3 is 33.2 Å². The largest absolute Gasteiger partial charge is 0.868 e. The predicted octanol–water partition coefficient (Wildman–Crippen LogP) is 0.330. The number of quaternary nitrogens is 1. The maximum Gasteiger partial charge on any atom is 0.240 e. The van der Waals surface area contributed by atoms with Crippen molar-refractivity contribution in [1.29, 1.82) is 0 Å². The van der Waals surface area contributed by atoms with Crippen LogP contribution in [0.2, 0.25) is 0 Å². The molecule has 0 aliphatic carbocycles. The highest BCUT2D eigenvalue weighted by Crippen LogP contribution is 2.39. The van der Waals surface area contributed by atoms with Crippen molar-refractivity contribution in [3.05, 3.63) is 65.5 Å². The van der Waals surface area contributed by atoms with Crippen molar-refractivity contribution in [3.63, 3.8) is 0 Å². The quantitative estimate of drug-likeness (QED) is 0.515. The fourth-order valence-corrected chi connectivity index (χ4v) is 4.47. The topological polar surface area (TPSA) is 110 Å². The van der Waals surface area contributed by atoms with Gasteiger partial charge >= 0.3 is 0 Å². The van der Waals surface area contributed by atoms with Crippen LogP contribution in [0.1, 0.15) is 22.4 Å². The van der Waals surface area contributed by atoms with E-state index in [1.54, 1.807) is 36.4 Å². The van der Waals surface area contributed by atoms with Crippen molar-refractivity contribution in [2.24, 2.45) is 0 Å². The third kappa shape index (κ3) is 3.79. The highest BCUT2D eigenvalue weighted by atomic mass is 16.5. The van der Waals surface area contributed by atoms with Crippen LogP contribution in [0.5, 0.6) is 5.75 Å². The van der Waals surface area contributed by atoms with E-state index in [9.17, 15) is 14.7 Å². The van der Waals surface area contributed by atoms with Crippen LogP contribution in [0.3, 0.4) is 0 Å². The number of furan rings is 2. The number of methoxy groups -OCH3 is 1. The van der Waals surface area contributed by atoms with E-state index in [0.717, 1.165) is 13.1 Å². The van der Waals surface area contributed by atoms with Crippen molar-refractivity contribution in [3.8, 4) is 5.75 Å². The summed E-state index contributed by atoms with van der Waals surface area (Å²) in [4.78, 5) is 29.2. The minimum Gasteiger partial charge on any atom is -0.868 e. The van der Waals surface area contributed by atoms with Crippen molar-refractivity contribution in [2.75, 3.05) is 46.5 Å². The van der Waals surface area contributed by atoms with Crippen LogP contribution in [-0.2, 0) is 9.53 Å². The van der Waals surface area contributed by atoms with E-state index in [1.807, 2.05) is 0 Å². The second-order valence-electron chi connectivity index (χ2n) is 8.09. The van der Waals surface area contributed by atoms with Crippen LogP contribution in [0.4, 0.5) is 0 Å². The summed E-state index contributed by atoms with van der Waals surface area (Å²) in [5.74, 6) is -1.35.